The predicted octanol–water partition coefficient (Wildman–Crippen LogP) is 3.45. The number of aliphatic imine (C=N–C) groups is 1. The van der Waals surface area contributed by atoms with Gasteiger partial charge in [0, 0.05) is 38.2 Å². The molecule has 0 aliphatic carbocycles. The second-order valence-electron chi connectivity index (χ2n) is 6.35. The van der Waals surface area contributed by atoms with Crippen molar-refractivity contribution in [3.8, 4) is 5.75 Å². The van der Waals surface area contributed by atoms with Crippen LogP contribution in [-0.4, -0.2) is 51.4 Å². The Morgan fingerprint density at radius 3 is 2.92 bits per heavy atom. The van der Waals surface area contributed by atoms with E-state index in [0.29, 0.717) is 12.5 Å². The van der Waals surface area contributed by atoms with Crippen LogP contribution in [-0.2, 0) is 11.3 Å². The first-order chi connectivity index (χ1) is 12.2. The van der Waals surface area contributed by atoms with Gasteiger partial charge in [-0.25, -0.2) is 0 Å². The summed E-state index contributed by atoms with van der Waals surface area (Å²) in [6.45, 7) is 6.10. The second kappa shape index (κ2) is 13.5. The van der Waals surface area contributed by atoms with Crippen molar-refractivity contribution in [2.24, 2.45) is 10.9 Å². The van der Waals surface area contributed by atoms with Gasteiger partial charge < -0.3 is 20.1 Å². The summed E-state index contributed by atoms with van der Waals surface area (Å²) < 4.78 is 11.5. The normalized spacial score (nSPS) is 16.9. The van der Waals surface area contributed by atoms with Crippen LogP contribution in [0.5, 0.6) is 5.75 Å². The topological polar surface area (TPSA) is 54.9 Å². The van der Waals surface area contributed by atoms with E-state index in [2.05, 4.69) is 47.0 Å². The van der Waals surface area contributed by atoms with Crippen LogP contribution in [0.4, 0.5) is 0 Å². The van der Waals surface area contributed by atoms with Gasteiger partial charge in [0.25, 0.3) is 0 Å². The number of ether oxygens (including phenoxy) is 2. The summed E-state index contributed by atoms with van der Waals surface area (Å²) in [5.41, 5.74) is 2.36. The maximum absolute atomic E-state index is 6.10. The van der Waals surface area contributed by atoms with E-state index >= 15 is 0 Å². The van der Waals surface area contributed by atoms with Gasteiger partial charge in [-0.05, 0) is 43.4 Å². The fourth-order valence-electron chi connectivity index (χ4n) is 2.69. The Morgan fingerprint density at radius 2 is 2.23 bits per heavy atom. The van der Waals surface area contributed by atoms with Crippen LogP contribution in [0.1, 0.15) is 24.0 Å². The van der Waals surface area contributed by atoms with Crippen molar-refractivity contribution < 1.29 is 9.47 Å². The van der Waals surface area contributed by atoms with Gasteiger partial charge in [-0.3, -0.25) is 4.99 Å². The standard InChI is InChI=1S/C19H31N3O2S.HI/c1-15-5-6-17(12-22-19(20-2)21-8-4-10-25-3)18(11-15)24-14-16-7-9-23-13-16;/h5-6,11,16H,4,7-10,12-14H2,1-3H3,(H2,20,21,22);1H. The minimum absolute atomic E-state index is 0. The molecule has 0 aromatic heterocycles. The molecule has 0 spiro atoms. The van der Waals surface area contributed by atoms with E-state index in [1.54, 1.807) is 7.05 Å². The minimum atomic E-state index is 0. The lowest BCUT2D eigenvalue weighted by Crippen LogP contribution is -2.37. The lowest BCUT2D eigenvalue weighted by molar-refractivity contribution is 0.166. The number of rotatable bonds is 9. The third kappa shape index (κ3) is 8.35. The Labute approximate surface area is 179 Å². The summed E-state index contributed by atoms with van der Waals surface area (Å²) in [7, 11) is 1.80. The number of benzene rings is 1. The van der Waals surface area contributed by atoms with Gasteiger partial charge in [0.15, 0.2) is 5.96 Å². The average Bonchev–Trinajstić information content (AvgIpc) is 3.14. The molecule has 1 aliphatic heterocycles. The quantitative estimate of drug-likeness (QED) is 0.239. The largest absolute Gasteiger partial charge is 0.493 e. The van der Waals surface area contributed by atoms with Crippen molar-refractivity contribution in [1.82, 2.24) is 10.6 Å². The summed E-state index contributed by atoms with van der Waals surface area (Å²) in [6.07, 6.45) is 4.35. The van der Waals surface area contributed by atoms with Gasteiger partial charge in [-0.1, -0.05) is 12.1 Å². The van der Waals surface area contributed by atoms with Crippen molar-refractivity contribution in [3.05, 3.63) is 29.3 Å². The second-order valence-corrected chi connectivity index (χ2v) is 7.34. The molecule has 1 fully saturated rings. The van der Waals surface area contributed by atoms with E-state index in [9.17, 15) is 0 Å². The molecule has 5 nitrogen and oxygen atoms in total. The molecule has 0 bridgehead atoms. The van der Waals surface area contributed by atoms with Crippen LogP contribution < -0.4 is 15.4 Å². The Morgan fingerprint density at radius 1 is 1.38 bits per heavy atom. The van der Waals surface area contributed by atoms with Crippen molar-refractivity contribution in [2.45, 2.75) is 26.3 Å². The number of halogens is 1. The van der Waals surface area contributed by atoms with E-state index in [0.717, 1.165) is 62.2 Å². The molecule has 1 heterocycles. The lowest BCUT2D eigenvalue weighted by Gasteiger charge is -2.17. The van der Waals surface area contributed by atoms with Gasteiger partial charge in [0.05, 0.1) is 13.2 Å². The van der Waals surface area contributed by atoms with E-state index in [-0.39, 0.29) is 24.0 Å². The van der Waals surface area contributed by atoms with Crippen LogP contribution in [0.25, 0.3) is 0 Å². The summed E-state index contributed by atoms with van der Waals surface area (Å²) in [6, 6.07) is 6.36. The minimum Gasteiger partial charge on any atom is -0.493 e. The fraction of sp³-hybridized carbons (Fsp3) is 0.632. The van der Waals surface area contributed by atoms with Crippen LogP contribution in [0.2, 0.25) is 0 Å². The zero-order valence-electron chi connectivity index (χ0n) is 16.0. The van der Waals surface area contributed by atoms with Crippen molar-refractivity contribution >= 4 is 41.7 Å². The Balaban J connectivity index is 0.00000338. The number of thioether (sulfide) groups is 1. The van der Waals surface area contributed by atoms with Gasteiger partial charge in [0.2, 0.25) is 0 Å². The molecule has 0 amide bonds. The van der Waals surface area contributed by atoms with E-state index in [4.69, 9.17) is 9.47 Å². The van der Waals surface area contributed by atoms with Crippen LogP contribution in [0, 0.1) is 12.8 Å². The highest BCUT2D eigenvalue weighted by Gasteiger charge is 2.17. The molecule has 1 saturated heterocycles. The molecule has 1 aliphatic rings. The van der Waals surface area contributed by atoms with Crippen molar-refractivity contribution in [2.75, 3.05) is 45.4 Å². The molecule has 1 unspecified atom stereocenters. The zero-order valence-corrected chi connectivity index (χ0v) is 19.2. The molecule has 2 rings (SSSR count). The molecule has 0 radical (unpaired) electrons. The highest BCUT2D eigenvalue weighted by molar-refractivity contribution is 14.0. The fourth-order valence-corrected chi connectivity index (χ4v) is 3.12. The Hall–Kier alpha value is -0.670. The van der Waals surface area contributed by atoms with E-state index in [1.165, 1.54) is 5.56 Å². The van der Waals surface area contributed by atoms with Crippen LogP contribution in [0.3, 0.4) is 0 Å². The number of hydrogen-bond donors (Lipinski definition) is 2. The molecule has 1 aromatic carbocycles. The van der Waals surface area contributed by atoms with Gasteiger partial charge in [-0.15, -0.1) is 24.0 Å². The summed E-state index contributed by atoms with van der Waals surface area (Å²) in [5, 5.41) is 6.73. The van der Waals surface area contributed by atoms with Gasteiger partial charge >= 0.3 is 0 Å². The van der Waals surface area contributed by atoms with E-state index < -0.39 is 0 Å². The van der Waals surface area contributed by atoms with Gasteiger partial charge in [-0.2, -0.15) is 11.8 Å². The first-order valence-electron chi connectivity index (χ1n) is 8.96. The van der Waals surface area contributed by atoms with E-state index in [1.807, 2.05) is 11.8 Å². The summed E-state index contributed by atoms with van der Waals surface area (Å²) >= 11 is 1.86. The molecule has 7 heteroatoms. The SMILES string of the molecule is CN=C(NCCCSC)NCc1ccc(C)cc1OCC1CCOC1.I. The Bertz CT molecular complexity index is 552. The maximum atomic E-state index is 6.10. The van der Waals surface area contributed by atoms with Crippen molar-refractivity contribution in [1.29, 1.82) is 0 Å². The molecule has 0 saturated carbocycles. The number of aryl methyl sites for hydroxylation is 1. The summed E-state index contributed by atoms with van der Waals surface area (Å²) in [5.74, 6) is 3.45. The number of hydrogen-bond acceptors (Lipinski definition) is 4. The number of nitrogens with one attached hydrogen (secondary N) is 2. The smallest absolute Gasteiger partial charge is 0.191 e. The highest BCUT2D eigenvalue weighted by atomic mass is 127. The van der Waals surface area contributed by atoms with Crippen LogP contribution >= 0.6 is 35.7 Å². The number of guanidine groups is 1. The molecule has 1 atom stereocenters. The van der Waals surface area contributed by atoms with Crippen molar-refractivity contribution in [3.63, 3.8) is 0 Å². The summed E-state index contributed by atoms with van der Waals surface area (Å²) in [4.78, 5) is 4.29. The highest BCUT2D eigenvalue weighted by Crippen LogP contribution is 2.22. The molecular weight excluding hydrogens is 461 g/mol. The first-order valence-corrected chi connectivity index (χ1v) is 10.4. The third-order valence-corrected chi connectivity index (χ3v) is 4.91. The number of nitrogens with zero attached hydrogens (tertiary/aromatic N) is 1. The molecule has 26 heavy (non-hydrogen) atoms. The van der Waals surface area contributed by atoms with Crippen LogP contribution in [0.15, 0.2) is 23.2 Å². The molecule has 148 valence electrons. The first kappa shape index (κ1) is 23.4. The molecule has 1 aromatic rings. The predicted molar refractivity (Wildman–Crippen MR) is 122 cm³/mol. The lowest BCUT2D eigenvalue weighted by atomic mass is 10.1. The average molecular weight is 493 g/mol. The molecule has 2 N–H and O–H groups in total. The van der Waals surface area contributed by atoms with Gasteiger partial charge in [0.1, 0.15) is 5.75 Å². The Kier molecular flexibility index (Phi) is 12.1. The maximum Gasteiger partial charge on any atom is 0.191 e. The monoisotopic (exact) mass is 493 g/mol. The third-order valence-electron chi connectivity index (χ3n) is 4.21. The molecular formula is C19H32IN3O2S. The zero-order chi connectivity index (χ0) is 17.9.